The Bertz CT molecular complexity index is 384. The highest BCUT2D eigenvalue weighted by atomic mass is 16.5. The van der Waals surface area contributed by atoms with Gasteiger partial charge in [0.2, 0.25) is 0 Å². The number of ether oxygens (including phenoxy) is 1. The fraction of sp³-hybridized carbons (Fsp3) is 0.429. The molecule has 1 aliphatic heterocycles. The fourth-order valence-electron chi connectivity index (χ4n) is 1.83. The van der Waals surface area contributed by atoms with Crippen molar-refractivity contribution in [1.82, 2.24) is 4.90 Å². The van der Waals surface area contributed by atoms with Gasteiger partial charge in [-0.2, -0.15) is 0 Å². The van der Waals surface area contributed by atoms with Crippen LogP contribution in [0, 0.1) is 12.5 Å². The van der Waals surface area contributed by atoms with E-state index >= 15 is 0 Å². The van der Waals surface area contributed by atoms with Crippen LogP contribution < -0.4 is 4.74 Å². The largest absolute Gasteiger partial charge is 0.497 e. The molecule has 0 aromatic heterocycles. The standard InChI is InChI=1S/C14H19N2O/c1-11(2)14-9-16(10-15-14)8-12-4-6-13(17-3)7-5-12/h4-8,10-11,14H,9H2,1-3H3. The second-order valence-electron chi connectivity index (χ2n) is 4.67. The van der Waals surface area contributed by atoms with E-state index in [-0.39, 0.29) is 0 Å². The summed E-state index contributed by atoms with van der Waals surface area (Å²) >= 11 is 0. The first-order valence-electron chi connectivity index (χ1n) is 5.97. The molecule has 3 nitrogen and oxygen atoms in total. The van der Waals surface area contributed by atoms with E-state index in [0.717, 1.165) is 12.3 Å². The molecule has 0 spiro atoms. The second-order valence-corrected chi connectivity index (χ2v) is 4.67. The molecular formula is C14H19N2O. The molecule has 2 rings (SSSR count). The maximum absolute atomic E-state index is 5.13. The van der Waals surface area contributed by atoms with Crippen molar-refractivity contribution in [3.05, 3.63) is 36.4 Å². The topological polar surface area (TPSA) is 24.8 Å². The highest BCUT2D eigenvalue weighted by Crippen LogP contribution is 2.18. The highest BCUT2D eigenvalue weighted by molar-refractivity contribution is 5.60. The summed E-state index contributed by atoms with van der Waals surface area (Å²) in [6, 6.07) is 8.47. The maximum Gasteiger partial charge on any atom is 0.118 e. The van der Waals surface area contributed by atoms with Crippen LogP contribution >= 0.6 is 0 Å². The van der Waals surface area contributed by atoms with Crippen LogP contribution in [0.25, 0.3) is 0 Å². The van der Waals surface area contributed by atoms with E-state index in [1.807, 2.05) is 18.5 Å². The summed E-state index contributed by atoms with van der Waals surface area (Å²) in [7, 11) is 1.68. The summed E-state index contributed by atoms with van der Waals surface area (Å²) in [6.45, 7) is 7.51. The van der Waals surface area contributed by atoms with Crippen molar-refractivity contribution in [1.29, 1.82) is 0 Å². The molecule has 3 heteroatoms. The van der Waals surface area contributed by atoms with E-state index in [2.05, 4.69) is 42.4 Å². The lowest BCUT2D eigenvalue weighted by molar-refractivity contribution is 0.414. The molecule has 0 aliphatic carbocycles. The van der Waals surface area contributed by atoms with E-state index in [1.165, 1.54) is 5.56 Å². The minimum atomic E-state index is 0.421. The molecule has 1 unspecified atom stereocenters. The Kier molecular flexibility index (Phi) is 3.67. The first-order chi connectivity index (χ1) is 8.19. The third-order valence-corrected chi connectivity index (χ3v) is 3.00. The van der Waals surface area contributed by atoms with Crippen LogP contribution in [-0.2, 0) is 0 Å². The molecule has 1 aromatic carbocycles. The Morgan fingerprint density at radius 2 is 2.06 bits per heavy atom. The van der Waals surface area contributed by atoms with Gasteiger partial charge in [0.1, 0.15) is 5.75 Å². The number of nitrogens with zero attached hydrogens (tertiary/aromatic N) is 2. The number of hydrogen-bond donors (Lipinski definition) is 0. The molecule has 1 aliphatic rings. The van der Waals surface area contributed by atoms with Crippen molar-refractivity contribution in [2.45, 2.75) is 19.9 Å². The van der Waals surface area contributed by atoms with E-state index in [9.17, 15) is 0 Å². The van der Waals surface area contributed by atoms with Crippen LogP contribution in [0.3, 0.4) is 0 Å². The normalized spacial score (nSPS) is 19.1. The Morgan fingerprint density at radius 3 is 2.59 bits per heavy atom. The van der Waals surface area contributed by atoms with Gasteiger partial charge in [-0.15, -0.1) is 0 Å². The van der Waals surface area contributed by atoms with Crippen molar-refractivity contribution >= 4 is 6.34 Å². The Labute approximate surface area is 103 Å². The summed E-state index contributed by atoms with van der Waals surface area (Å²) in [4.78, 5) is 6.64. The van der Waals surface area contributed by atoms with Gasteiger partial charge in [-0.25, -0.2) is 0 Å². The quantitative estimate of drug-likeness (QED) is 0.795. The minimum absolute atomic E-state index is 0.421. The molecule has 17 heavy (non-hydrogen) atoms. The Morgan fingerprint density at radius 1 is 1.35 bits per heavy atom. The van der Waals surface area contributed by atoms with Crippen molar-refractivity contribution in [3.63, 3.8) is 0 Å². The van der Waals surface area contributed by atoms with Gasteiger partial charge in [-0.05, 0) is 23.6 Å². The fourth-order valence-corrected chi connectivity index (χ4v) is 1.83. The zero-order valence-corrected chi connectivity index (χ0v) is 10.6. The summed E-state index contributed by atoms with van der Waals surface area (Å²) in [5, 5.41) is 0. The summed E-state index contributed by atoms with van der Waals surface area (Å²) < 4.78 is 5.13. The summed E-state index contributed by atoms with van der Waals surface area (Å²) in [5.74, 6) is 1.48. The Hall–Kier alpha value is -1.51. The first kappa shape index (κ1) is 12.0. The van der Waals surface area contributed by atoms with Crippen LogP contribution in [-0.4, -0.2) is 30.9 Å². The van der Waals surface area contributed by atoms with Crippen molar-refractivity contribution in [2.75, 3.05) is 13.7 Å². The zero-order chi connectivity index (χ0) is 12.3. The van der Waals surface area contributed by atoms with Gasteiger partial charge in [0.05, 0.1) is 26.0 Å². The van der Waals surface area contributed by atoms with E-state index in [0.29, 0.717) is 12.0 Å². The monoisotopic (exact) mass is 231 g/mol. The average Bonchev–Trinajstić information content (AvgIpc) is 2.79. The molecule has 0 fully saturated rings. The van der Waals surface area contributed by atoms with Crippen LogP contribution in [0.1, 0.15) is 19.4 Å². The SMILES string of the molecule is COc1ccc([CH]N2C=NC(C(C)C)C2)cc1. The molecule has 1 radical (unpaired) electrons. The smallest absolute Gasteiger partial charge is 0.118 e. The van der Waals surface area contributed by atoms with Crippen LogP contribution in [0.5, 0.6) is 5.75 Å². The predicted octanol–water partition coefficient (Wildman–Crippen LogP) is 2.57. The molecule has 1 atom stereocenters. The summed E-state index contributed by atoms with van der Waals surface area (Å²) in [6.07, 6.45) is 1.93. The van der Waals surface area contributed by atoms with Gasteiger partial charge < -0.3 is 9.64 Å². The van der Waals surface area contributed by atoms with E-state index < -0.39 is 0 Å². The van der Waals surface area contributed by atoms with Gasteiger partial charge in [-0.1, -0.05) is 26.0 Å². The number of rotatable bonds is 4. The molecule has 91 valence electrons. The lowest BCUT2D eigenvalue weighted by Crippen LogP contribution is -2.24. The predicted molar refractivity (Wildman–Crippen MR) is 70.2 cm³/mol. The van der Waals surface area contributed by atoms with Crippen molar-refractivity contribution < 1.29 is 4.74 Å². The summed E-state index contributed by atoms with van der Waals surface area (Å²) in [5.41, 5.74) is 1.17. The van der Waals surface area contributed by atoms with Crippen LogP contribution in [0.2, 0.25) is 0 Å². The maximum atomic E-state index is 5.13. The lowest BCUT2D eigenvalue weighted by Gasteiger charge is -2.17. The van der Waals surface area contributed by atoms with Gasteiger partial charge in [0.15, 0.2) is 0 Å². The number of aliphatic imine (C=N–C) groups is 1. The third kappa shape index (κ3) is 2.99. The van der Waals surface area contributed by atoms with Crippen molar-refractivity contribution in [2.24, 2.45) is 10.9 Å². The molecule has 0 amide bonds. The third-order valence-electron chi connectivity index (χ3n) is 3.00. The number of hydrogen-bond acceptors (Lipinski definition) is 3. The molecule has 0 saturated carbocycles. The molecule has 0 saturated heterocycles. The Balaban J connectivity index is 1.92. The molecule has 1 heterocycles. The van der Waals surface area contributed by atoms with Crippen molar-refractivity contribution in [3.8, 4) is 5.75 Å². The zero-order valence-electron chi connectivity index (χ0n) is 10.6. The molecule has 0 bridgehead atoms. The average molecular weight is 231 g/mol. The van der Waals surface area contributed by atoms with Gasteiger partial charge in [0.25, 0.3) is 0 Å². The minimum Gasteiger partial charge on any atom is -0.497 e. The van der Waals surface area contributed by atoms with Crippen LogP contribution in [0.4, 0.5) is 0 Å². The van der Waals surface area contributed by atoms with Crippen LogP contribution in [0.15, 0.2) is 29.3 Å². The molecule has 0 N–H and O–H groups in total. The number of benzene rings is 1. The van der Waals surface area contributed by atoms with Gasteiger partial charge in [0, 0.05) is 6.54 Å². The van der Waals surface area contributed by atoms with Gasteiger partial charge >= 0.3 is 0 Å². The lowest BCUT2D eigenvalue weighted by atomic mass is 10.1. The number of methoxy groups -OCH3 is 1. The van der Waals surface area contributed by atoms with E-state index in [1.54, 1.807) is 7.11 Å². The molecule has 1 aromatic rings. The highest BCUT2D eigenvalue weighted by Gasteiger charge is 2.20. The van der Waals surface area contributed by atoms with E-state index in [4.69, 9.17) is 4.74 Å². The second kappa shape index (κ2) is 5.21. The molecular weight excluding hydrogens is 212 g/mol. The first-order valence-corrected chi connectivity index (χ1v) is 5.97. The van der Waals surface area contributed by atoms with Gasteiger partial charge in [-0.3, -0.25) is 4.99 Å².